The quantitative estimate of drug-likeness (QED) is 0.372. The Labute approximate surface area is 165 Å². The fourth-order valence-electron chi connectivity index (χ4n) is 5.42. The molecule has 0 bridgehead atoms. The number of nitrogens with zero attached hydrogens (tertiary/aromatic N) is 1. The van der Waals surface area contributed by atoms with Gasteiger partial charge in [0, 0.05) is 28.6 Å². The summed E-state index contributed by atoms with van der Waals surface area (Å²) in [6.07, 6.45) is 6.28. The number of aromatic nitrogens is 1. The second-order valence-corrected chi connectivity index (χ2v) is 8.07. The van der Waals surface area contributed by atoms with Crippen LogP contribution in [0.15, 0.2) is 91.0 Å². The van der Waals surface area contributed by atoms with Crippen molar-refractivity contribution >= 4 is 16.6 Å². The van der Waals surface area contributed by atoms with Gasteiger partial charge < -0.3 is 4.57 Å². The third-order valence-electron chi connectivity index (χ3n) is 6.58. The normalized spacial score (nSPS) is 20.6. The summed E-state index contributed by atoms with van der Waals surface area (Å²) in [5, 5.41) is 1.44. The van der Waals surface area contributed by atoms with Gasteiger partial charge in [-0.25, -0.2) is 0 Å². The molecule has 0 N–H and O–H groups in total. The highest BCUT2D eigenvalue weighted by atomic mass is 15.0. The van der Waals surface area contributed by atoms with Crippen molar-refractivity contribution in [2.45, 2.75) is 31.1 Å². The summed E-state index contributed by atoms with van der Waals surface area (Å²) in [4.78, 5) is 0. The summed E-state index contributed by atoms with van der Waals surface area (Å²) in [7, 11) is 0. The topological polar surface area (TPSA) is 4.93 Å². The van der Waals surface area contributed by atoms with Gasteiger partial charge in [-0.15, -0.1) is 0 Å². The van der Waals surface area contributed by atoms with Gasteiger partial charge >= 0.3 is 0 Å². The average Bonchev–Trinajstić information content (AvgIpc) is 3.12. The molecule has 0 radical (unpaired) electrons. The van der Waals surface area contributed by atoms with E-state index in [4.69, 9.17) is 0 Å². The maximum absolute atomic E-state index is 2.57. The van der Waals surface area contributed by atoms with E-state index in [-0.39, 0.29) is 0 Å². The van der Waals surface area contributed by atoms with E-state index in [0.29, 0.717) is 11.8 Å². The minimum absolute atomic E-state index is 0.437. The molecule has 28 heavy (non-hydrogen) atoms. The molecule has 3 aromatic carbocycles. The zero-order valence-electron chi connectivity index (χ0n) is 15.9. The maximum Gasteiger partial charge on any atom is 0.0534 e. The second kappa shape index (κ2) is 6.24. The SMILES string of the molecule is C1=C(c2ccccc2)n2c3c(c4ccccc42)CCC[C@H]3[C@@H]1c1ccccc1. The first-order chi connectivity index (χ1) is 13.9. The van der Waals surface area contributed by atoms with Gasteiger partial charge in [-0.05, 0) is 42.0 Å². The first-order valence-corrected chi connectivity index (χ1v) is 10.4. The van der Waals surface area contributed by atoms with E-state index in [1.807, 2.05) is 0 Å². The van der Waals surface area contributed by atoms with Crippen LogP contribution in [0.3, 0.4) is 0 Å². The Morgan fingerprint density at radius 2 is 1.46 bits per heavy atom. The Bertz CT molecular complexity index is 1180. The third kappa shape index (κ3) is 2.26. The van der Waals surface area contributed by atoms with E-state index in [0.717, 1.165) is 0 Å². The van der Waals surface area contributed by atoms with Gasteiger partial charge in [0.1, 0.15) is 0 Å². The molecule has 0 amide bonds. The maximum atomic E-state index is 2.57. The van der Waals surface area contributed by atoms with E-state index in [2.05, 4.69) is 95.6 Å². The van der Waals surface area contributed by atoms with Crippen molar-refractivity contribution in [3.63, 3.8) is 0 Å². The first-order valence-electron chi connectivity index (χ1n) is 10.4. The van der Waals surface area contributed by atoms with E-state index in [1.165, 1.54) is 47.0 Å². The van der Waals surface area contributed by atoms with Crippen molar-refractivity contribution in [1.29, 1.82) is 0 Å². The van der Waals surface area contributed by atoms with Crippen LogP contribution in [0.4, 0.5) is 0 Å². The van der Waals surface area contributed by atoms with Crippen LogP contribution in [0.2, 0.25) is 0 Å². The van der Waals surface area contributed by atoms with Gasteiger partial charge in [0.05, 0.1) is 5.52 Å². The summed E-state index contributed by atoms with van der Waals surface area (Å²) in [6.45, 7) is 0. The third-order valence-corrected chi connectivity index (χ3v) is 6.58. The summed E-state index contributed by atoms with van der Waals surface area (Å²) in [5.41, 5.74) is 8.57. The molecule has 136 valence electrons. The van der Waals surface area contributed by atoms with Crippen molar-refractivity contribution in [3.8, 4) is 0 Å². The molecule has 1 aliphatic carbocycles. The molecule has 1 nitrogen and oxygen atoms in total. The Morgan fingerprint density at radius 1 is 0.750 bits per heavy atom. The lowest BCUT2D eigenvalue weighted by Gasteiger charge is -2.36. The lowest BCUT2D eigenvalue weighted by Crippen LogP contribution is -2.24. The molecule has 6 rings (SSSR count). The highest BCUT2D eigenvalue weighted by Gasteiger charge is 2.37. The van der Waals surface area contributed by atoms with Gasteiger partial charge in [-0.1, -0.05) is 84.9 Å². The molecule has 0 fully saturated rings. The van der Waals surface area contributed by atoms with Crippen LogP contribution >= 0.6 is 0 Å². The highest BCUT2D eigenvalue weighted by Crippen LogP contribution is 2.51. The zero-order chi connectivity index (χ0) is 18.5. The van der Waals surface area contributed by atoms with Crippen LogP contribution in [0.25, 0.3) is 16.6 Å². The second-order valence-electron chi connectivity index (χ2n) is 8.07. The first kappa shape index (κ1) is 15.9. The molecular formula is C27H23N. The van der Waals surface area contributed by atoms with Crippen molar-refractivity contribution < 1.29 is 0 Å². The summed E-state index contributed by atoms with van der Waals surface area (Å²) >= 11 is 0. The molecule has 1 aromatic heterocycles. The fourth-order valence-corrected chi connectivity index (χ4v) is 5.42. The number of rotatable bonds is 2. The van der Waals surface area contributed by atoms with E-state index in [9.17, 15) is 0 Å². The minimum atomic E-state index is 0.437. The molecule has 1 aliphatic heterocycles. The molecule has 1 heteroatoms. The van der Waals surface area contributed by atoms with Crippen LogP contribution in [-0.2, 0) is 6.42 Å². The van der Waals surface area contributed by atoms with Crippen LogP contribution in [0, 0.1) is 0 Å². The molecule has 2 aliphatic rings. The number of allylic oxidation sites excluding steroid dienone is 1. The smallest absolute Gasteiger partial charge is 0.0534 e. The molecule has 0 saturated heterocycles. The minimum Gasteiger partial charge on any atom is -0.313 e. The summed E-state index contributed by atoms with van der Waals surface area (Å²) in [5.74, 6) is 0.998. The van der Waals surface area contributed by atoms with Crippen LogP contribution in [-0.4, -0.2) is 4.57 Å². The van der Waals surface area contributed by atoms with Gasteiger partial charge in [0.15, 0.2) is 0 Å². The molecule has 4 aromatic rings. The predicted molar refractivity (Wildman–Crippen MR) is 117 cm³/mol. The summed E-state index contributed by atoms with van der Waals surface area (Å²) < 4.78 is 2.57. The van der Waals surface area contributed by atoms with Gasteiger partial charge in [-0.3, -0.25) is 0 Å². The van der Waals surface area contributed by atoms with Gasteiger partial charge in [-0.2, -0.15) is 0 Å². The Balaban J connectivity index is 1.69. The molecule has 2 heterocycles. The molecule has 2 atom stereocenters. The number of benzene rings is 3. The number of aryl methyl sites for hydroxylation is 1. The van der Waals surface area contributed by atoms with Gasteiger partial charge in [0.25, 0.3) is 0 Å². The lowest BCUT2D eigenvalue weighted by atomic mass is 9.73. The van der Waals surface area contributed by atoms with Crippen LogP contribution < -0.4 is 0 Å². The van der Waals surface area contributed by atoms with Crippen molar-refractivity contribution in [2.24, 2.45) is 0 Å². The lowest BCUT2D eigenvalue weighted by molar-refractivity contribution is 0.489. The standard InChI is InChI=1S/C27H23N/c1-3-10-19(11-4-1)24-18-26(20-12-5-2-6-13-20)28-25-17-8-7-14-21(25)22-15-9-16-23(24)27(22)28/h1-8,10-14,17-18,23-24H,9,15-16H2/t23-,24-/m0/s1. The summed E-state index contributed by atoms with van der Waals surface area (Å²) in [6, 6.07) is 31.0. The fraction of sp³-hybridized carbons (Fsp3) is 0.185. The van der Waals surface area contributed by atoms with Crippen molar-refractivity contribution in [2.75, 3.05) is 0 Å². The van der Waals surface area contributed by atoms with Crippen molar-refractivity contribution in [3.05, 3.63) is 113 Å². The highest BCUT2D eigenvalue weighted by molar-refractivity contribution is 5.92. The van der Waals surface area contributed by atoms with E-state index in [1.54, 1.807) is 11.3 Å². The molecule has 0 saturated carbocycles. The monoisotopic (exact) mass is 361 g/mol. The molecule has 0 unspecified atom stereocenters. The Kier molecular flexibility index (Phi) is 3.55. The Morgan fingerprint density at radius 3 is 2.29 bits per heavy atom. The van der Waals surface area contributed by atoms with Crippen LogP contribution in [0.5, 0.6) is 0 Å². The molecular weight excluding hydrogens is 338 g/mol. The van der Waals surface area contributed by atoms with E-state index >= 15 is 0 Å². The largest absolute Gasteiger partial charge is 0.313 e. The number of hydrogen-bond acceptors (Lipinski definition) is 0. The predicted octanol–water partition coefficient (Wildman–Crippen LogP) is 6.75. The Hall–Kier alpha value is -3.06. The number of hydrogen-bond donors (Lipinski definition) is 0. The van der Waals surface area contributed by atoms with Crippen LogP contribution in [0.1, 0.15) is 47.1 Å². The number of fused-ring (bicyclic) bond motifs is 3. The average molecular weight is 361 g/mol. The zero-order valence-corrected chi connectivity index (χ0v) is 15.9. The number of para-hydroxylation sites is 1. The van der Waals surface area contributed by atoms with Gasteiger partial charge in [0.2, 0.25) is 0 Å². The molecule has 0 spiro atoms. The van der Waals surface area contributed by atoms with Crippen molar-refractivity contribution in [1.82, 2.24) is 4.57 Å². The van der Waals surface area contributed by atoms with E-state index < -0.39 is 0 Å².